The average Bonchev–Trinajstić information content (AvgIpc) is 2.90. The van der Waals surface area contributed by atoms with E-state index in [1.54, 1.807) is 11.8 Å². The van der Waals surface area contributed by atoms with Crippen LogP contribution in [0.3, 0.4) is 0 Å². The molecule has 0 saturated heterocycles. The minimum Gasteiger partial charge on any atom is -0.399 e. The molecule has 0 bridgehead atoms. The number of carbonyl (C=O) groups is 1. The standard InChI is InChI=1S/C17H18N2OS/c1-12-10-14(18)6-7-16(12)21-11-17(20)19-9-8-13-4-2-3-5-15(13)19/h2-7,10H,8-9,11,18H2,1H3. The molecule has 2 aromatic carbocycles. The second-order valence-electron chi connectivity index (χ2n) is 5.24. The van der Waals surface area contributed by atoms with E-state index in [2.05, 4.69) is 6.07 Å². The predicted molar refractivity (Wildman–Crippen MR) is 88.8 cm³/mol. The number of hydrogen-bond donors (Lipinski definition) is 1. The smallest absolute Gasteiger partial charge is 0.237 e. The van der Waals surface area contributed by atoms with Gasteiger partial charge in [-0.3, -0.25) is 4.79 Å². The lowest BCUT2D eigenvalue weighted by atomic mass is 10.2. The van der Waals surface area contributed by atoms with Crippen LogP contribution in [-0.4, -0.2) is 18.2 Å². The normalized spacial score (nSPS) is 13.3. The monoisotopic (exact) mass is 298 g/mol. The van der Waals surface area contributed by atoms with Crippen molar-refractivity contribution in [2.75, 3.05) is 22.9 Å². The lowest BCUT2D eigenvalue weighted by Crippen LogP contribution is -2.30. The molecule has 2 N–H and O–H groups in total. The molecule has 0 aromatic heterocycles. The third-order valence-electron chi connectivity index (χ3n) is 3.74. The number of rotatable bonds is 3. The Bertz CT molecular complexity index is 684. The SMILES string of the molecule is Cc1cc(N)ccc1SCC(=O)N1CCc2ccccc21. The number of anilines is 2. The molecule has 1 aliphatic heterocycles. The molecule has 3 rings (SSSR count). The number of amides is 1. The second-order valence-corrected chi connectivity index (χ2v) is 6.25. The van der Waals surface area contributed by atoms with Crippen molar-refractivity contribution in [3.63, 3.8) is 0 Å². The number of nitrogens with zero attached hydrogens (tertiary/aromatic N) is 1. The molecule has 3 nitrogen and oxygen atoms in total. The first kappa shape index (κ1) is 14.0. The highest BCUT2D eigenvalue weighted by Crippen LogP contribution is 2.29. The molecule has 0 atom stereocenters. The van der Waals surface area contributed by atoms with Crippen molar-refractivity contribution < 1.29 is 4.79 Å². The predicted octanol–water partition coefficient (Wildman–Crippen LogP) is 3.26. The van der Waals surface area contributed by atoms with Crippen LogP contribution in [0.25, 0.3) is 0 Å². The Hall–Kier alpha value is -1.94. The lowest BCUT2D eigenvalue weighted by Gasteiger charge is -2.17. The van der Waals surface area contributed by atoms with Crippen LogP contribution >= 0.6 is 11.8 Å². The summed E-state index contributed by atoms with van der Waals surface area (Å²) in [6.45, 7) is 2.81. The molecule has 0 unspecified atom stereocenters. The molecule has 21 heavy (non-hydrogen) atoms. The highest BCUT2D eigenvalue weighted by molar-refractivity contribution is 8.00. The van der Waals surface area contributed by atoms with Crippen molar-refractivity contribution in [3.05, 3.63) is 53.6 Å². The number of nitrogens with two attached hydrogens (primary N) is 1. The van der Waals surface area contributed by atoms with E-state index >= 15 is 0 Å². The summed E-state index contributed by atoms with van der Waals surface area (Å²) in [5.74, 6) is 0.625. The van der Waals surface area contributed by atoms with Gasteiger partial charge in [-0.1, -0.05) is 18.2 Å². The maximum absolute atomic E-state index is 12.4. The van der Waals surface area contributed by atoms with E-state index < -0.39 is 0 Å². The summed E-state index contributed by atoms with van der Waals surface area (Å²) in [5.41, 5.74) is 9.96. The lowest BCUT2D eigenvalue weighted by molar-refractivity contribution is -0.116. The molecule has 0 aliphatic carbocycles. The van der Waals surface area contributed by atoms with Crippen LogP contribution in [0.15, 0.2) is 47.4 Å². The summed E-state index contributed by atoms with van der Waals surface area (Å²) >= 11 is 1.58. The largest absolute Gasteiger partial charge is 0.399 e. The average molecular weight is 298 g/mol. The zero-order valence-electron chi connectivity index (χ0n) is 12.0. The Morgan fingerprint density at radius 1 is 1.29 bits per heavy atom. The number of benzene rings is 2. The summed E-state index contributed by atoms with van der Waals surface area (Å²) in [7, 11) is 0. The van der Waals surface area contributed by atoms with E-state index in [0.29, 0.717) is 5.75 Å². The Balaban J connectivity index is 1.68. The molecular weight excluding hydrogens is 280 g/mol. The number of para-hydroxylation sites is 1. The van der Waals surface area contributed by atoms with Crippen LogP contribution in [0, 0.1) is 6.92 Å². The third kappa shape index (κ3) is 2.90. The minimum absolute atomic E-state index is 0.168. The zero-order chi connectivity index (χ0) is 14.8. The van der Waals surface area contributed by atoms with Crippen LogP contribution < -0.4 is 10.6 Å². The molecular formula is C17H18N2OS. The van der Waals surface area contributed by atoms with Gasteiger partial charge in [0.1, 0.15) is 0 Å². The number of fused-ring (bicyclic) bond motifs is 1. The van der Waals surface area contributed by atoms with E-state index in [4.69, 9.17) is 5.73 Å². The number of hydrogen-bond acceptors (Lipinski definition) is 3. The zero-order valence-corrected chi connectivity index (χ0v) is 12.8. The van der Waals surface area contributed by atoms with Gasteiger partial charge in [-0.25, -0.2) is 0 Å². The minimum atomic E-state index is 0.168. The van der Waals surface area contributed by atoms with E-state index in [-0.39, 0.29) is 5.91 Å². The van der Waals surface area contributed by atoms with Gasteiger partial charge >= 0.3 is 0 Å². The topological polar surface area (TPSA) is 46.3 Å². The number of thioether (sulfide) groups is 1. The second kappa shape index (κ2) is 5.82. The first-order chi connectivity index (χ1) is 10.1. The molecule has 1 amide bonds. The summed E-state index contributed by atoms with van der Waals surface area (Å²) in [6, 6.07) is 13.9. The van der Waals surface area contributed by atoms with Gasteiger partial charge in [-0.15, -0.1) is 11.8 Å². The molecule has 1 aliphatic rings. The van der Waals surface area contributed by atoms with Gasteiger partial charge in [0.25, 0.3) is 0 Å². The van der Waals surface area contributed by atoms with Gasteiger partial charge in [0.05, 0.1) is 5.75 Å². The molecule has 1 heterocycles. The summed E-state index contributed by atoms with van der Waals surface area (Å²) in [6.07, 6.45) is 0.952. The van der Waals surface area contributed by atoms with Crippen LogP contribution in [0.1, 0.15) is 11.1 Å². The van der Waals surface area contributed by atoms with E-state index in [1.807, 2.05) is 48.2 Å². The Morgan fingerprint density at radius 3 is 2.90 bits per heavy atom. The molecule has 0 saturated carbocycles. The third-order valence-corrected chi connectivity index (χ3v) is 4.90. The summed E-state index contributed by atoms with van der Waals surface area (Å²) < 4.78 is 0. The Kier molecular flexibility index (Phi) is 3.88. The van der Waals surface area contributed by atoms with E-state index in [9.17, 15) is 4.79 Å². The van der Waals surface area contributed by atoms with Crippen molar-refractivity contribution in [2.24, 2.45) is 0 Å². The maximum atomic E-state index is 12.4. The van der Waals surface area contributed by atoms with Gasteiger partial charge in [0, 0.05) is 22.8 Å². The first-order valence-corrected chi connectivity index (χ1v) is 8.01. The van der Waals surface area contributed by atoms with Crippen molar-refractivity contribution in [2.45, 2.75) is 18.2 Å². The van der Waals surface area contributed by atoms with Crippen LogP contribution in [-0.2, 0) is 11.2 Å². The fourth-order valence-corrected chi connectivity index (χ4v) is 3.53. The number of nitrogen functional groups attached to an aromatic ring is 1. The Labute approximate surface area is 129 Å². The molecule has 0 radical (unpaired) electrons. The van der Waals surface area contributed by atoms with Crippen molar-refractivity contribution in [1.29, 1.82) is 0 Å². The molecule has 2 aromatic rings. The van der Waals surface area contributed by atoms with Crippen molar-refractivity contribution >= 4 is 29.0 Å². The number of aryl methyl sites for hydroxylation is 1. The summed E-state index contributed by atoms with van der Waals surface area (Å²) in [5, 5.41) is 0. The maximum Gasteiger partial charge on any atom is 0.237 e. The fourth-order valence-electron chi connectivity index (χ4n) is 2.65. The molecule has 0 fully saturated rings. The summed E-state index contributed by atoms with van der Waals surface area (Å²) in [4.78, 5) is 15.5. The van der Waals surface area contributed by atoms with Gasteiger partial charge in [-0.05, 0) is 48.7 Å². The fraction of sp³-hybridized carbons (Fsp3) is 0.235. The highest BCUT2D eigenvalue weighted by Gasteiger charge is 2.23. The highest BCUT2D eigenvalue weighted by atomic mass is 32.2. The van der Waals surface area contributed by atoms with Crippen LogP contribution in [0.2, 0.25) is 0 Å². The number of carbonyl (C=O) groups excluding carboxylic acids is 1. The van der Waals surface area contributed by atoms with Crippen LogP contribution in [0.5, 0.6) is 0 Å². The van der Waals surface area contributed by atoms with Gasteiger partial charge in [0.15, 0.2) is 0 Å². The van der Waals surface area contributed by atoms with Crippen LogP contribution in [0.4, 0.5) is 11.4 Å². The van der Waals surface area contributed by atoms with Gasteiger partial charge < -0.3 is 10.6 Å². The van der Waals surface area contributed by atoms with E-state index in [1.165, 1.54) is 5.56 Å². The first-order valence-electron chi connectivity index (χ1n) is 7.02. The van der Waals surface area contributed by atoms with Crippen molar-refractivity contribution in [1.82, 2.24) is 0 Å². The van der Waals surface area contributed by atoms with Gasteiger partial charge in [0.2, 0.25) is 5.91 Å². The van der Waals surface area contributed by atoms with E-state index in [0.717, 1.165) is 34.8 Å². The molecule has 0 spiro atoms. The van der Waals surface area contributed by atoms with Gasteiger partial charge in [-0.2, -0.15) is 0 Å². The quantitative estimate of drug-likeness (QED) is 0.699. The molecule has 108 valence electrons. The van der Waals surface area contributed by atoms with Crippen molar-refractivity contribution in [3.8, 4) is 0 Å². The Morgan fingerprint density at radius 2 is 2.10 bits per heavy atom. The molecule has 4 heteroatoms.